The largest absolute Gasteiger partial charge is 0.454 e. The lowest BCUT2D eigenvalue weighted by Crippen LogP contribution is -2.10. The molecule has 0 heterocycles. The molecule has 0 atom stereocenters. The number of aliphatic hydroxyl groups excluding tert-OH is 1. The summed E-state index contributed by atoms with van der Waals surface area (Å²) in [5.74, 6) is 4.08. The summed E-state index contributed by atoms with van der Waals surface area (Å²) in [6.07, 6.45) is 0. The van der Waals surface area contributed by atoms with Gasteiger partial charge in [0.25, 0.3) is 0 Å². The van der Waals surface area contributed by atoms with Crippen molar-refractivity contribution in [3.63, 3.8) is 0 Å². The van der Waals surface area contributed by atoms with E-state index >= 15 is 0 Å². The Bertz CT molecular complexity index is 177. The van der Waals surface area contributed by atoms with Crippen LogP contribution in [0.2, 0.25) is 0 Å². The Morgan fingerprint density at radius 1 is 1.42 bits per heavy atom. The Morgan fingerprint density at radius 3 is 2.75 bits per heavy atom. The molecule has 0 saturated carbocycles. The van der Waals surface area contributed by atoms with Crippen molar-refractivity contribution in [2.24, 2.45) is 0 Å². The van der Waals surface area contributed by atoms with Gasteiger partial charge in [-0.1, -0.05) is 5.92 Å². The second kappa shape index (κ2) is 8.05. The molecule has 0 unspecified atom stereocenters. The summed E-state index contributed by atoms with van der Waals surface area (Å²) in [5.41, 5.74) is 0. The van der Waals surface area contributed by atoms with Crippen LogP contribution in [0.15, 0.2) is 0 Å². The van der Waals surface area contributed by atoms with Gasteiger partial charge >= 0.3 is 5.97 Å². The number of carbonyl (C=O) groups excluding carboxylic acids is 1. The zero-order chi connectivity index (χ0) is 9.23. The van der Waals surface area contributed by atoms with Gasteiger partial charge in [-0.2, -0.15) is 0 Å². The highest BCUT2D eigenvalue weighted by Gasteiger charge is 1.94. The van der Waals surface area contributed by atoms with Crippen molar-refractivity contribution in [2.45, 2.75) is 6.92 Å². The lowest BCUT2D eigenvalue weighted by atomic mass is 10.6. The summed E-state index contributed by atoms with van der Waals surface area (Å²) in [6, 6.07) is 0. The fourth-order valence-corrected chi connectivity index (χ4v) is 0.498. The Hall–Kier alpha value is -1.05. The number of esters is 1. The second-order valence-corrected chi connectivity index (χ2v) is 1.85. The van der Waals surface area contributed by atoms with Crippen molar-refractivity contribution < 1.29 is 19.4 Å². The predicted octanol–water partition coefficient (Wildman–Crippen LogP) is -0.438. The lowest BCUT2D eigenvalue weighted by Gasteiger charge is -2.00. The molecule has 0 aromatic rings. The van der Waals surface area contributed by atoms with E-state index in [4.69, 9.17) is 9.84 Å². The van der Waals surface area contributed by atoms with E-state index in [2.05, 4.69) is 16.6 Å². The maximum Gasteiger partial charge on any atom is 0.384 e. The smallest absolute Gasteiger partial charge is 0.384 e. The number of aliphatic hydroxyl groups is 1. The summed E-state index contributed by atoms with van der Waals surface area (Å²) < 4.78 is 9.45. The first-order chi connectivity index (χ1) is 5.81. The van der Waals surface area contributed by atoms with Crippen molar-refractivity contribution in [1.29, 1.82) is 0 Å². The monoisotopic (exact) mass is 172 g/mol. The van der Waals surface area contributed by atoms with Crippen LogP contribution in [0.25, 0.3) is 0 Å². The first-order valence-corrected chi connectivity index (χ1v) is 3.59. The second-order valence-electron chi connectivity index (χ2n) is 1.85. The van der Waals surface area contributed by atoms with Crippen molar-refractivity contribution in [3.8, 4) is 11.8 Å². The first kappa shape index (κ1) is 11.0. The standard InChI is InChI=1S/C8H12O4/c1-2-3-8(10)12-7-6-11-5-4-9/h9H,4-7H2,1H3. The van der Waals surface area contributed by atoms with Crippen LogP contribution in [-0.2, 0) is 14.3 Å². The minimum Gasteiger partial charge on any atom is -0.454 e. The molecule has 0 bridgehead atoms. The molecule has 0 amide bonds. The molecule has 4 heteroatoms. The Balaban J connectivity index is 3.18. The zero-order valence-electron chi connectivity index (χ0n) is 7.00. The van der Waals surface area contributed by atoms with E-state index in [0.29, 0.717) is 0 Å². The predicted molar refractivity (Wildman–Crippen MR) is 42.3 cm³/mol. The van der Waals surface area contributed by atoms with E-state index in [1.54, 1.807) is 6.92 Å². The average Bonchev–Trinajstić information content (AvgIpc) is 2.05. The molecule has 0 aliphatic rings. The van der Waals surface area contributed by atoms with Gasteiger partial charge in [0.05, 0.1) is 19.8 Å². The molecule has 0 aromatic carbocycles. The Kier molecular flexibility index (Phi) is 7.35. The molecule has 0 aliphatic heterocycles. The molecule has 0 rings (SSSR count). The number of hydrogen-bond donors (Lipinski definition) is 1. The maximum atomic E-state index is 10.6. The number of hydrogen-bond acceptors (Lipinski definition) is 4. The van der Waals surface area contributed by atoms with Gasteiger partial charge in [-0.25, -0.2) is 4.79 Å². The van der Waals surface area contributed by atoms with Crippen molar-refractivity contribution in [2.75, 3.05) is 26.4 Å². The molecule has 0 radical (unpaired) electrons. The Morgan fingerprint density at radius 2 is 2.17 bits per heavy atom. The molecular formula is C8H12O4. The van der Waals surface area contributed by atoms with Gasteiger partial charge in [-0.05, 0) is 6.92 Å². The highest BCUT2D eigenvalue weighted by atomic mass is 16.6. The lowest BCUT2D eigenvalue weighted by molar-refractivity contribution is -0.138. The third kappa shape index (κ3) is 7.06. The quantitative estimate of drug-likeness (QED) is 0.264. The van der Waals surface area contributed by atoms with Gasteiger partial charge in [0, 0.05) is 5.92 Å². The Labute approximate surface area is 71.5 Å². The number of carbonyl (C=O) groups is 1. The zero-order valence-corrected chi connectivity index (χ0v) is 7.00. The molecule has 0 saturated heterocycles. The summed E-state index contributed by atoms with van der Waals surface area (Å²) >= 11 is 0. The molecule has 68 valence electrons. The van der Waals surface area contributed by atoms with Crippen LogP contribution < -0.4 is 0 Å². The van der Waals surface area contributed by atoms with E-state index in [1.807, 2.05) is 0 Å². The van der Waals surface area contributed by atoms with E-state index in [1.165, 1.54) is 0 Å². The van der Waals surface area contributed by atoms with Crippen LogP contribution >= 0.6 is 0 Å². The van der Waals surface area contributed by atoms with Gasteiger partial charge in [-0.15, -0.1) is 0 Å². The summed E-state index contributed by atoms with van der Waals surface area (Å²) in [5, 5.41) is 8.30. The third-order valence-corrected chi connectivity index (χ3v) is 0.924. The van der Waals surface area contributed by atoms with Gasteiger partial charge in [-0.3, -0.25) is 0 Å². The molecule has 0 fully saturated rings. The third-order valence-electron chi connectivity index (χ3n) is 0.924. The van der Waals surface area contributed by atoms with E-state index in [-0.39, 0.29) is 26.4 Å². The van der Waals surface area contributed by atoms with Crippen LogP contribution in [0.4, 0.5) is 0 Å². The molecule has 12 heavy (non-hydrogen) atoms. The molecule has 4 nitrogen and oxygen atoms in total. The van der Waals surface area contributed by atoms with Gasteiger partial charge in [0.15, 0.2) is 0 Å². The van der Waals surface area contributed by atoms with E-state index in [0.717, 1.165) is 0 Å². The average molecular weight is 172 g/mol. The SMILES string of the molecule is CC#CC(=O)OCCOCCO. The minimum absolute atomic E-state index is 0.0251. The topological polar surface area (TPSA) is 55.8 Å². The fourth-order valence-electron chi connectivity index (χ4n) is 0.498. The number of rotatable bonds is 5. The summed E-state index contributed by atoms with van der Waals surface area (Å²) in [6.45, 7) is 2.26. The normalized spacial score (nSPS) is 8.50. The highest BCUT2D eigenvalue weighted by Crippen LogP contribution is 1.79. The molecule has 0 spiro atoms. The van der Waals surface area contributed by atoms with Gasteiger partial charge < -0.3 is 14.6 Å². The molecule has 1 N–H and O–H groups in total. The summed E-state index contributed by atoms with van der Waals surface area (Å²) in [7, 11) is 0. The van der Waals surface area contributed by atoms with Crippen LogP contribution in [0.5, 0.6) is 0 Å². The van der Waals surface area contributed by atoms with Gasteiger partial charge in [0.1, 0.15) is 6.61 Å². The van der Waals surface area contributed by atoms with Crippen molar-refractivity contribution in [1.82, 2.24) is 0 Å². The van der Waals surface area contributed by atoms with Crippen molar-refractivity contribution in [3.05, 3.63) is 0 Å². The van der Waals surface area contributed by atoms with Crippen LogP contribution in [-0.4, -0.2) is 37.5 Å². The number of ether oxygens (including phenoxy) is 2. The van der Waals surface area contributed by atoms with Crippen LogP contribution in [0.1, 0.15) is 6.92 Å². The van der Waals surface area contributed by atoms with E-state index < -0.39 is 5.97 Å². The van der Waals surface area contributed by atoms with Gasteiger partial charge in [0.2, 0.25) is 0 Å². The fraction of sp³-hybridized carbons (Fsp3) is 0.625. The minimum atomic E-state index is -0.551. The molecule has 0 aliphatic carbocycles. The van der Waals surface area contributed by atoms with Crippen molar-refractivity contribution >= 4 is 5.97 Å². The molecular weight excluding hydrogens is 160 g/mol. The highest BCUT2D eigenvalue weighted by molar-refractivity contribution is 5.88. The maximum absolute atomic E-state index is 10.6. The van der Waals surface area contributed by atoms with Crippen LogP contribution in [0.3, 0.4) is 0 Å². The first-order valence-electron chi connectivity index (χ1n) is 3.59. The summed E-state index contributed by atoms with van der Waals surface area (Å²) in [4.78, 5) is 10.6. The van der Waals surface area contributed by atoms with E-state index in [9.17, 15) is 4.79 Å². The molecule has 0 aromatic heterocycles. The van der Waals surface area contributed by atoms with Crippen LogP contribution in [0, 0.1) is 11.8 Å².